The van der Waals surface area contributed by atoms with Gasteiger partial charge in [0.25, 0.3) is 5.91 Å². The predicted octanol–water partition coefficient (Wildman–Crippen LogP) is 2.74. The second kappa shape index (κ2) is 8.95. The van der Waals surface area contributed by atoms with Crippen LogP contribution in [0.5, 0.6) is 0 Å². The Kier molecular flexibility index (Phi) is 6.57. The van der Waals surface area contributed by atoms with Crippen LogP contribution in [0.1, 0.15) is 32.3 Å². The quantitative estimate of drug-likeness (QED) is 0.647. The Bertz CT molecular complexity index is 996. The van der Waals surface area contributed by atoms with Gasteiger partial charge in [0, 0.05) is 12.1 Å². The lowest BCUT2D eigenvalue weighted by Gasteiger charge is -2.33. The maximum Gasteiger partial charge on any atom is 0.310 e. The van der Waals surface area contributed by atoms with Gasteiger partial charge in [-0.2, -0.15) is 0 Å². The zero-order chi connectivity index (χ0) is 21.0. The van der Waals surface area contributed by atoms with E-state index in [1.807, 2.05) is 56.3 Å². The number of amides is 1. The normalized spacial score (nSPS) is 19.0. The lowest BCUT2D eigenvalue weighted by atomic mass is 10.0. The number of hydrogen-bond donors (Lipinski definition) is 0. The lowest BCUT2D eigenvalue weighted by molar-refractivity contribution is -0.153. The van der Waals surface area contributed by atoms with Crippen molar-refractivity contribution in [2.75, 3.05) is 18.1 Å². The maximum absolute atomic E-state index is 12.8. The van der Waals surface area contributed by atoms with E-state index in [1.54, 1.807) is 4.90 Å². The standard InChI is InChI=1S/C22H27NO5S/c1-3-16(2)23(19-11-12-29(26,27)15-19)21(24)14-28-22(25)13-18-9-6-8-17-7-4-5-10-20(17)18/h4-10,16,19H,3,11-15H2,1-2H3/t16-,19-/m1/s1. The van der Waals surface area contributed by atoms with Gasteiger partial charge >= 0.3 is 5.97 Å². The van der Waals surface area contributed by atoms with E-state index in [4.69, 9.17) is 4.74 Å². The van der Waals surface area contributed by atoms with Crippen LogP contribution in [-0.4, -0.2) is 55.4 Å². The van der Waals surface area contributed by atoms with Crippen LogP contribution in [0.2, 0.25) is 0 Å². The molecule has 6 nitrogen and oxygen atoms in total. The van der Waals surface area contributed by atoms with Crippen LogP contribution >= 0.6 is 0 Å². The first kappa shape index (κ1) is 21.3. The fourth-order valence-corrected chi connectivity index (χ4v) is 5.58. The SMILES string of the molecule is CC[C@@H](C)N(C(=O)COC(=O)Cc1cccc2ccccc12)[C@@H]1CCS(=O)(=O)C1. The molecule has 3 rings (SSSR count). The second-order valence-corrected chi connectivity index (χ2v) is 9.82. The molecule has 7 heteroatoms. The lowest BCUT2D eigenvalue weighted by Crippen LogP contribution is -2.48. The number of carbonyl (C=O) groups is 2. The molecule has 29 heavy (non-hydrogen) atoms. The highest BCUT2D eigenvalue weighted by molar-refractivity contribution is 7.91. The molecule has 0 spiro atoms. The molecule has 2 atom stereocenters. The molecule has 1 aliphatic heterocycles. The number of carbonyl (C=O) groups excluding carboxylic acids is 2. The largest absolute Gasteiger partial charge is 0.455 e. The van der Waals surface area contributed by atoms with Crippen molar-refractivity contribution in [1.82, 2.24) is 4.90 Å². The van der Waals surface area contributed by atoms with Crippen LogP contribution < -0.4 is 0 Å². The highest BCUT2D eigenvalue weighted by atomic mass is 32.2. The first-order valence-corrected chi connectivity index (χ1v) is 11.8. The van der Waals surface area contributed by atoms with Gasteiger partial charge in [0.1, 0.15) is 0 Å². The van der Waals surface area contributed by atoms with Gasteiger partial charge in [0.2, 0.25) is 0 Å². The van der Waals surface area contributed by atoms with E-state index in [9.17, 15) is 18.0 Å². The first-order valence-electron chi connectivity index (χ1n) is 9.94. The number of hydrogen-bond acceptors (Lipinski definition) is 5. The summed E-state index contributed by atoms with van der Waals surface area (Å²) in [5, 5.41) is 2.02. The van der Waals surface area contributed by atoms with Crippen molar-refractivity contribution in [3.05, 3.63) is 48.0 Å². The topological polar surface area (TPSA) is 80.8 Å². The van der Waals surface area contributed by atoms with Crippen LogP contribution in [0, 0.1) is 0 Å². The highest BCUT2D eigenvalue weighted by Gasteiger charge is 2.36. The summed E-state index contributed by atoms with van der Waals surface area (Å²) in [6.07, 6.45) is 1.21. The van der Waals surface area contributed by atoms with Gasteiger partial charge in [0.15, 0.2) is 16.4 Å². The summed E-state index contributed by atoms with van der Waals surface area (Å²) < 4.78 is 28.9. The van der Waals surface area contributed by atoms with Crippen LogP contribution in [0.4, 0.5) is 0 Å². The summed E-state index contributed by atoms with van der Waals surface area (Å²) in [5.41, 5.74) is 0.848. The molecule has 156 valence electrons. The molecule has 1 saturated heterocycles. The monoisotopic (exact) mass is 417 g/mol. The van der Waals surface area contributed by atoms with Gasteiger partial charge in [-0.25, -0.2) is 8.42 Å². The molecule has 2 aromatic carbocycles. The highest BCUT2D eigenvalue weighted by Crippen LogP contribution is 2.22. The van der Waals surface area contributed by atoms with Crippen molar-refractivity contribution in [2.24, 2.45) is 0 Å². The summed E-state index contributed by atoms with van der Waals surface area (Å²) >= 11 is 0. The van der Waals surface area contributed by atoms with Crippen LogP contribution in [0.25, 0.3) is 10.8 Å². The average Bonchev–Trinajstić information content (AvgIpc) is 3.06. The fraction of sp³-hybridized carbons (Fsp3) is 0.455. The molecule has 2 aromatic rings. The second-order valence-electron chi connectivity index (χ2n) is 7.59. The van der Waals surface area contributed by atoms with Gasteiger partial charge in [-0.05, 0) is 36.1 Å². The zero-order valence-corrected chi connectivity index (χ0v) is 17.7. The molecular formula is C22H27NO5S. The van der Waals surface area contributed by atoms with Crippen molar-refractivity contribution in [3.8, 4) is 0 Å². The number of rotatable bonds is 7. The van der Waals surface area contributed by atoms with E-state index in [1.165, 1.54) is 0 Å². The third kappa shape index (κ3) is 5.15. The van der Waals surface area contributed by atoms with Crippen molar-refractivity contribution in [1.29, 1.82) is 0 Å². The molecule has 0 saturated carbocycles. The first-order chi connectivity index (χ1) is 13.8. The Morgan fingerprint density at radius 1 is 1.17 bits per heavy atom. The maximum atomic E-state index is 12.8. The summed E-state index contributed by atoms with van der Waals surface area (Å²) in [5.74, 6) is -0.739. The summed E-state index contributed by atoms with van der Waals surface area (Å²) in [7, 11) is -3.11. The number of ether oxygens (including phenoxy) is 1. The molecule has 1 fully saturated rings. The third-order valence-corrected chi connectivity index (χ3v) is 7.28. The Morgan fingerprint density at radius 2 is 1.90 bits per heavy atom. The molecule has 0 radical (unpaired) electrons. The van der Waals surface area contributed by atoms with Gasteiger partial charge in [-0.15, -0.1) is 0 Å². The summed E-state index contributed by atoms with van der Waals surface area (Å²) in [4.78, 5) is 26.7. The number of benzene rings is 2. The van der Waals surface area contributed by atoms with E-state index in [0.29, 0.717) is 12.8 Å². The van der Waals surface area contributed by atoms with Crippen LogP contribution in [0.3, 0.4) is 0 Å². The summed E-state index contributed by atoms with van der Waals surface area (Å²) in [6, 6.07) is 13.1. The zero-order valence-electron chi connectivity index (χ0n) is 16.8. The van der Waals surface area contributed by atoms with E-state index < -0.39 is 15.8 Å². The number of fused-ring (bicyclic) bond motifs is 1. The minimum Gasteiger partial charge on any atom is -0.455 e. The van der Waals surface area contributed by atoms with E-state index in [0.717, 1.165) is 16.3 Å². The van der Waals surface area contributed by atoms with Crippen LogP contribution in [-0.2, 0) is 30.6 Å². The van der Waals surface area contributed by atoms with E-state index >= 15 is 0 Å². The Morgan fingerprint density at radius 3 is 2.59 bits per heavy atom. The smallest absolute Gasteiger partial charge is 0.310 e. The molecule has 0 unspecified atom stereocenters. The minimum absolute atomic E-state index is 0.0208. The Balaban J connectivity index is 1.64. The Labute approximate surface area is 171 Å². The number of sulfone groups is 1. The minimum atomic E-state index is -3.11. The number of esters is 1. The predicted molar refractivity (Wildman–Crippen MR) is 112 cm³/mol. The van der Waals surface area contributed by atoms with E-state index in [2.05, 4.69) is 0 Å². The van der Waals surface area contributed by atoms with Gasteiger partial charge < -0.3 is 9.64 Å². The van der Waals surface area contributed by atoms with Gasteiger partial charge in [0.05, 0.1) is 17.9 Å². The molecule has 0 aliphatic carbocycles. The fourth-order valence-electron chi connectivity index (χ4n) is 3.87. The molecular weight excluding hydrogens is 390 g/mol. The van der Waals surface area contributed by atoms with Gasteiger partial charge in [-0.3, -0.25) is 9.59 Å². The van der Waals surface area contributed by atoms with Gasteiger partial charge in [-0.1, -0.05) is 49.4 Å². The molecule has 1 heterocycles. The van der Waals surface area contributed by atoms with Crippen molar-refractivity contribution in [3.63, 3.8) is 0 Å². The van der Waals surface area contributed by atoms with E-state index in [-0.39, 0.29) is 42.5 Å². The van der Waals surface area contributed by atoms with Crippen molar-refractivity contribution >= 4 is 32.5 Å². The molecule has 0 aromatic heterocycles. The van der Waals surface area contributed by atoms with Crippen LogP contribution in [0.15, 0.2) is 42.5 Å². The molecule has 0 bridgehead atoms. The number of nitrogens with zero attached hydrogens (tertiary/aromatic N) is 1. The average molecular weight is 418 g/mol. The summed E-state index contributed by atoms with van der Waals surface area (Å²) in [6.45, 7) is 3.46. The van der Waals surface area contributed by atoms with Crippen molar-refractivity contribution < 1.29 is 22.7 Å². The van der Waals surface area contributed by atoms with Crippen molar-refractivity contribution in [2.45, 2.75) is 45.2 Å². The molecule has 1 amide bonds. The Hall–Kier alpha value is -2.41. The molecule has 1 aliphatic rings. The third-order valence-electron chi connectivity index (χ3n) is 5.53. The molecule has 0 N–H and O–H groups in total.